The Kier molecular flexibility index (Phi) is 3.84. The van der Waals surface area contributed by atoms with Crippen molar-refractivity contribution in [3.63, 3.8) is 0 Å². The number of ether oxygens (including phenoxy) is 1. The molecule has 0 radical (unpaired) electrons. The molecule has 0 aliphatic rings. The molecule has 0 bridgehead atoms. The molecule has 6 N–H and O–H groups in total. The molecule has 0 amide bonds. The number of benzene rings is 2. The van der Waals surface area contributed by atoms with Crippen LogP contribution in [0.1, 0.15) is 0 Å². The number of aliphatic hydroxyl groups is 1. The van der Waals surface area contributed by atoms with Gasteiger partial charge in [-0.15, -0.1) is 0 Å². The largest absolute Gasteiger partial charge is 0.490 e. The number of hydrogen-bond donors (Lipinski definition) is 4. The lowest BCUT2D eigenvalue weighted by Crippen LogP contribution is -2.27. The number of para-hydroxylation sites is 1. The molecule has 1 atom stereocenters. The molecule has 6 nitrogen and oxygen atoms in total. The zero-order valence-electron chi connectivity index (χ0n) is 12.0. The minimum atomic E-state index is -0.762. The summed E-state index contributed by atoms with van der Waals surface area (Å²) in [5.41, 5.74) is 12.5. The summed E-state index contributed by atoms with van der Waals surface area (Å²) in [5.74, 6) is 0.677. The molecule has 1 heterocycles. The molecule has 3 aromatic rings. The predicted molar refractivity (Wildman–Crippen MR) is 88.0 cm³/mol. The number of aromatic nitrogens is 1. The monoisotopic (exact) mass is 298 g/mol. The number of guanidine groups is 1. The van der Waals surface area contributed by atoms with Crippen LogP contribution < -0.4 is 16.2 Å². The predicted octanol–water partition coefficient (Wildman–Crippen LogP) is 1.33. The summed E-state index contributed by atoms with van der Waals surface area (Å²) in [4.78, 5) is 7.12. The fourth-order valence-electron chi connectivity index (χ4n) is 2.44. The quantitative estimate of drug-likeness (QED) is 0.421. The molecular weight excluding hydrogens is 280 g/mol. The first-order chi connectivity index (χ1) is 10.6. The molecule has 0 aliphatic carbocycles. The molecule has 114 valence electrons. The van der Waals surface area contributed by atoms with Gasteiger partial charge in [0.25, 0.3) is 0 Å². The van der Waals surface area contributed by atoms with Crippen LogP contribution in [0.4, 0.5) is 0 Å². The van der Waals surface area contributed by atoms with Gasteiger partial charge in [0.1, 0.15) is 18.5 Å². The maximum Gasteiger partial charge on any atom is 0.186 e. The van der Waals surface area contributed by atoms with Crippen LogP contribution in [0.3, 0.4) is 0 Å². The average Bonchev–Trinajstić information content (AvgIpc) is 2.90. The lowest BCUT2D eigenvalue weighted by molar-refractivity contribution is 0.115. The van der Waals surface area contributed by atoms with Crippen LogP contribution in [-0.4, -0.2) is 35.3 Å². The van der Waals surface area contributed by atoms with Crippen LogP contribution >= 0.6 is 0 Å². The summed E-state index contributed by atoms with van der Waals surface area (Å²) >= 11 is 0. The Morgan fingerprint density at radius 3 is 2.73 bits per heavy atom. The number of nitrogens with zero attached hydrogens (tertiary/aromatic N) is 1. The van der Waals surface area contributed by atoms with Gasteiger partial charge in [-0.05, 0) is 18.2 Å². The third-order valence-electron chi connectivity index (χ3n) is 3.41. The topological polar surface area (TPSA) is 110 Å². The summed E-state index contributed by atoms with van der Waals surface area (Å²) in [6.07, 6.45) is -0.762. The maximum atomic E-state index is 9.84. The number of H-pyrrole nitrogens is 1. The van der Waals surface area contributed by atoms with E-state index in [-0.39, 0.29) is 19.1 Å². The third-order valence-corrected chi connectivity index (χ3v) is 3.41. The van der Waals surface area contributed by atoms with Gasteiger partial charge in [-0.25, -0.2) is 0 Å². The number of hydrogen-bond acceptors (Lipinski definition) is 3. The minimum absolute atomic E-state index is 0.0437. The number of nitrogens with two attached hydrogens (primary N) is 2. The van der Waals surface area contributed by atoms with Crippen LogP contribution in [0.25, 0.3) is 21.8 Å². The SMILES string of the molecule is NC(N)=NCC(O)COc1cccc2[nH]c3ccccc3c12. The third kappa shape index (κ3) is 2.82. The average molecular weight is 298 g/mol. The summed E-state index contributed by atoms with van der Waals surface area (Å²) < 4.78 is 5.76. The van der Waals surface area contributed by atoms with E-state index in [2.05, 4.69) is 9.98 Å². The number of fused-ring (bicyclic) bond motifs is 3. The van der Waals surface area contributed by atoms with Crippen LogP contribution in [0.2, 0.25) is 0 Å². The highest BCUT2D eigenvalue weighted by atomic mass is 16.5. The van der Waals surface area contributed by atoms with Gasteiger partial charge >= 0.3 is 0 Å². The fourth-order valence-corrected chi connectivity index (χ4v) is 2.44. The van der Waals surface area contributed by atoms with E-state index < -0.39 is 6.10 Å². The second-order valence-electron chi connectivity index (χ2n) is 5.08. The van der Waals surface area contributed by atoms with Crippen molar-refractivity contribution in [1.82, 2.24) is 4.98 Å². The minimum Gasteiger partial charge on any atom is -0.490 e. The molecule has 22 heavy (non-hydrogen) atoms. The Labute approximate surface area is 127 Å². The van der Waals surface area contributed by atoms with Crippen LogP contribution in [-0.2, 0) is 0 Å². The van der Waals surface area contributed by atoms with Gasteiger partial charge in [0.05, 0.1) is 12.1 Å². The van der Waals surface area contributed by atoms with Crippen molar-refractivity contribution in [3.8, 4) is 5.75 Å². The fraction of sp³-hybridized carbons (Fsp3) is 0.188. The van der Waals surface area contributed by atoms with E-state index in [0.29, 0.717) is 0 Å². The van der Waals surface area contributed by atoms with Gasteiger partial charge in [-0.2, -0.15) is 0 Å². The zero-order valence-corrected chi connectivity index (χ0v) is 12.0. The van der Waals surface area contributed by atoms with E-state index in [0.717, 1.165) is 27.6 Å². The van der Waals surface area contributed by atoms with Crippen LogP contribution in [0.15, 0.2) is 47.5 Å². The highest BCUT2D eigenvalue weighted by Gasteiger charge is 2.11. The summed E-state index contributed by atoms with van der Waals surface area (Å²) in [5, 5.41) is 11.9. The van der Waals surface area contributed by atoms with Gasteiger partial charge in [0, 0.05) is 16.3 Å². The van der Waals surface area contributed by atoms with Crippen molar-refractivity contribution < 1.29 is 9.84 Å². The number of aliphatic hydroxyl groups excluding tert-OH is 1. The van der Waals surface area contributed by atoms with Crippen molar-refractivity contribution in [1.29, 1.82) is 0 Å². The molecule has 1 aromatic heterocycles. The van der Waals surface area contributed by atoms with E-state index >= 15 is 0 Å². The Balaban J connectivity index is 1.86. The second-order valence-corrected chi connectivity index (χ2v) is 5.08. The number of aromatic amines is 1. The Morgan fingerprint density at radius 2 is 1.91 bits per heavy atom. The molecule has 0 fully saturated rings. The molecule has 0 spiro atoms. The Morgan fingerprint density at radius 1 is 1.14 bits per heavy atom. The summed E-state index contributed by atoms with van der Waals surface area (Å²) in [6.45, 7) is 0.238. The highest BCUT2D eigenvalue weighted by molar-refractivity contribution is 6.10. The van der Waals surface area contributed by atoms with Crippen molar-refractivity contribution in [2.75, 3.05) is 13.2 Å². The molecule has 0 aliphatic heterocycles. The van der Waals surface area contributed by atoms with Crippen LogP contribution in [0.5, 0.6) is 5.75 Å². The Hall–Kier alpha value is -2.73. The highest BCUT2D eigenvalue weighted by Crippen LogP contribution is 2.32. The lowest BCUT2D eigenvalue weighted by atomic mass is 10.1. The normalized spacial score (nSPS) is 12.4. The molecule has 0 saturated heterocycles. The molecule has 1 unspecified atom stereocenters. The van der Waals surface area contributed by atoms with E-state index in [1.807, 2.05) is 42.5 Å². The molecular formula is C16H18N4O2. The van der Waals surface area contributed by atoms with E-state index in [9.17, 15) is 5.11 Å². The van der Waals surface area contributed by atoms with Crippen molar-refractivity contribution in [2.45, 2.75) is 6.10 Å². The molecule has 0 saturated carbocycles. The maximum absolute atomic E-state index is 9.84. The number of aliphatic imine (C=N–C) groups is 1. The van der Waals surface area contributed by atoms with Crippen LogP contribution in [0, 0.1) is 0 Å². The summed E-state index contributed by atoms with van der Waals surface area (Å²) in [7, 11) is 0. The van der Waals surface area contributed by atoms with Gasteiger partial charge in [0.2, 0.25) is 0 Å². The first kappa shape index (κ1) is 14.2. The first-order valence-corrected chi connectivity index (χ1v) is 7.01. The van der Waals surface area contributed by atoms with Gasteiger partial charge < -0.3 is 26.3 Å². The first-order valence-electron chi connectivity index (χ1n) is 7.01. The second kappa shape index (κ2) is 5.95. The molecule has 3 rings (SSSR count). The van der Waals surface area contributed by atoms with Crippen molar-refractivity contribution in [3.05, 3.63) is 42.5 Å². The smallest absolute Gasteiger partial charge is 0.186 e. The van der Waals surface area contributed by atoms with E-state index in [4.69, 9.17) is 16.2 Å². The van der Waals surface area contributed by atoms with Crippen molar-refractivity contribution >= 4 is 27.8 Å². The number of rotatable bonds is 5. The number of nitrogens with one attached hydrogen (secondary N) is 1. The summed E-state index contributed by atoms with van der Waals surface area (Å²) in [6, 6.07) is 13.8. The van der Waals surface area contributed by atoms with Gasteiger partial charge in [-0.3, -0.25) is 4.99 Å². The van der Waals surface area contributed by atoms with Gasteiger partial charge in [-0.1, -0.05) is 24.3 Å². The van der Waals surface area contributed by atoms with E-state index in [1.54, 1.807) is 0 Å². The van der Waals surface area contributed by atoms with Gasteiger partial charge in [0.15, 0.2) is 5.96 Å². The Bertz CT molecular complexity index is 821. The molecule has 6 heteroatoms. The zero-order chi connectivity index (χ0) is 15.5. The lowest BCUT2D eigenvalue weighted by Gasteiger charge is -2.11. The molecule has 2 aromatic carbocycles. The standard InChI is InChI=1S/C16H18N4O2/c17-16(18)19-8-10(21)9-22-14-7-3-6-13-15(14)11-4-1-2-5-12(11)20-13/h1-7,10,20-21H,8-9H2,(H4,17,18,19). The van der Waals surface area contributed by atoms with E-state index in [1.165, 1.54) is 0 Å². The van der Waals surface area contributed by atoms with Crippen molar-refractivity contribution in [2.24, 2.45) is 16.5 Å².